The van der Waals surface area contributed by atoms with Crippen molar-refractivity contribution < 1.29 is 4.58 Å². The van der Waals surface area contributed by atoms with Gasteiger partial charge in [-0.1, -0.05) is 56.4 Å². The minimum Gasteiger partial charge on any atom is -0.344 e. The van der Waals surface area contributed by atoms with Gasteiger partial charge in [0.2, 0.25) is 5.70 Å². The topological polar surface area (TPSA) is 6.25 Å². The van der Waals surface area contributed by atoms with Crippen molar-refractivity contribution in [2.24, 2.45) is 5.41 Å². The third-order valence-corrected chi connectivity index (χ3v) is 7.43. The molecule has 4 rings (SSSR count). The molecule has 0 radical (unpaired) electrons. The van der Waals surface area contributed by atoms with Gasteiger partial charge in [-0.15, -0.1) is 0 Å². The molecule has 1 aromatic rings. The van der Waals surface area contributed by atoms with E-state index in [4.69, 9.17) is 0 Å². The molecular weight excluding hydrogens is 388 g/mol. The van der Waals surface area contributed by atoms with Crippen LogP contribution in [0.5, 0.6) is 0 Å². The molecule has 3 aliphatic rings. The lowest BCUT2D eigenvalue weighted by Gasteiger charge is -2.25. The summed E-state index contributed by atoms with van der Waals surface area (Å²) < 4.78 is 2.51. The van der Waals surface area contributed by atoms with Gasteiger partial charge in [-0.2, -0.15) is 4.58 Å². The van der Waals surface area contributed by atoms with Crippen LogP contribution in [0.3, 0.4) is 0 Å². The highest BCUT2D eigenvalue weighted by Gasteiger charge is 2.46. The summed E-state index contributed by atoms with van der Waals surface area (Å²) in [6.07, 6.45) is 19.8. The number of likely N-dealkylation sites (N-methyl/N-ethyl adjacent to an activating group) is 2. The molecule has 0 bridgehead atoms. The van der Waals surface area contributed by atoms with Gasteiger partial charge in [-0.3, -0.25) is 0 Å². The van der Waals surface area contributed by atoms with Crippen molar-refractivity contribution in [3.05, 3.63) is 89.3 Å². The van der Waals surface area contributed by atoms with Crippen LogP contribution in [0.4, 0.5) is 5.69 Å². The molecule has 2 nitrogen and oxygen atoms in total. The summed E-state index contributed by atoms with van der Waals surface area (Å²) >= 11 is 0. The molecule has 32 heavy (non-hydrogen) atoms. The second-order valence-corrected chi connectivity index (χ2v) is 10.1. The molecule has 2 heterocycles. The van der Waals surface area contributed by atoms with Crippen LogP contribution in [0.2, 0.25) is 0 Å². The number of anilines is 1. The van der Waals surface area contributed by atoms with Crippen molar-refractivity contribution >= 4 is 11.4 Å². The monoisotopic (exact) mass is 427 g/mol. The average Bonchev–Trinajstić information content (AvgIpc) is 2.97. The number of fused-ring (bicyclic) bond motifs is 2. The molecule has 0 atom stereocenters. The normalized spacial score (nSPS) is 23.1. The number of allylic oxidation sites excluding steroid dienone is 9. The van der Waals surface area contributed by atoms with Gasteiger partial charge in [-0.05, 0) is 70.7 Å². The van der Waals surface area contributed by atoms with Crippen molar-refractivity contribution in [1.29, 1.82) is 0 Å². The zero-order valence-electron chi connectivity index (χ0n) is 20.8. The van der Waals surface area contributed by atoms with Crippen LogP contribution in [0.1, 0.15) is 66.4 Å². The molecule has 0 aromatic heterocycles. The smallest absolute Gasteiger partial charge is 0.205 e. The number of benzene rings is 1. The Balaban J connectivity index is 1.60. The molecule has 0 N–H and O–H groups in total. The zero-order valence-corrected chi connectivity index (χ0v) is 20.8. The molecule has 0 fully saturated rings. The molecule has 0 spiro atoms. The molecule has 0 saturated carbocycles. The Morgan fingerprint density at radius 3 is 2.44 bits per heavy atom. The maximum Gasteiger partial charge on any atom is 0.205 e. The van der Waals surface area contributed by atoms with Crippen molar-refractivity contribution in [2.45, 2.75) is 66.2 Å². The molecule has 0 unspecified atom stereocenters. The summed E-state index contributed by atoms with van der Waals surface area (Å²) in [5, 5.41) is 0. The van der Waals surface area contributed by atoms with Crippen LogP contribution in [-0.2, 0) is 5.41 Å². The second kappa shape index (κ2) is 8.73. The van der Waals surface area contributed by atoms with E-state index in [0.717, 1.165) is 13.1 Å². The molecule has 1 aliphatic carbocycles. The Kier molecular flexibility index (Phi) is 6.16. The number of hydrogen-bond donors (Lipinski definition) is 0. The lowest BCUT2D eigenvalue weighted by Crippen LogP contribution is -2.25. The largest absolute Gasteiger partial charge is 0.344 e. The van der Waals surface area contributed by atoms with Gasteiger partial charge in [-0.25, -0.2) is 0 Å². The number of nitrogens with zero attached hydrogens (tertiary/aromatic N) is 2. The van der Waals surface area contributed by atoms with Crippen LogP contribution >= 0.6 is 0 Å². The summed E-state index contributed by atoms with van der Waals surface area (Å²) in [7, 11) is 0. The maximum absolute atomic E-state index is 2.51. The third-order valence-electron chi connectivity index (χ3n) is 7.43. The molecule has 2 heteroatoms. The van der Waals surface area contributed by atoms with E-state index in [1.165, 1.54) is 53.2 Å². The summed E-state index contributed by atoms with van der Waals surface area (Å²) in [6.45, 7) is 15.9. The van der Waals surface area contributed by atoms with Crippen molar-refractivity contribution in [2.75, 3.05) is 18.0 Å². The van der Waals surface area contributed by atoms with Crippen LogP contribution < -0.4 is 4.90 Å². The quantitative estimate of drug-likeness (QED) is 0.353. The van der Waals surface area contributed by atoms with E-state index >= 15 is 0 Å². The minimum absolute atomic E-state index is 0.0228. The van der Waals surface area contributed by atoms with Crippen LogP contribution in [0.25, 0.3) is 0 Å². The van der Waals surface area contributed by atoms with E-state index in [1.807, 2.05) is 0 Å². The summed E-state index contributed by atoms with van der Waals surface area (Å²) in [6, 6.07) is 8.81. The van der Waals surface area contributed by atoms with Crippen LogP contribution in [0.15, 0.2) is 83.8 Å². The van der Waals surface area contributed by atoms with Crippen molar-refractivity contribution in [3.8, 4) is 0 Å². The van der Waals surface area contributed by atoms with Crippen LogP contribution in [-0.4, -0.2) is 23.4 Å². The molecule has 2 aliphatic heterocycles. The fourth-order valence-corrected chi connectivity index (χ4v) is 5.73. The zero-order chi connectivity index (χ0) is 22.9. The van der Waals surface area contributed by atoms with Gasteiger partial charge in [0.1, 0.15) is 6.54 Å². The van der Waals surface area contributed by atoms with E-state index in [2.05, 4.69) is 118 Å². The van der Waals surface area contributed by atoms with Crippen LogP contribution in [0, 0.1) is 5.41 Å². The van der Waals surface area contributed by atoms with E-state index in [9.17, 15) is 0 Å². The minimum atomic E-state index is 0.0228. The first-order valence-corrected chi connectivity index (χ1v) is 12.3. The summed E-state index contributed by atoms with van der Waals surface area (Å²) in [5.74, 6) is 0. The Morgan fingerprint density at radius 1 is 0.938 bits per heavy atom. The SMILES string of the molecule is CCN1/C(=C/C=C/C=C/C2=[N+](CC)C3=CCCCC=C3C2(C)C)C(C)(C)c2ccccc21. The number of rotatable bonds is 5. The Hall–Kier alpha value is -2.61. The molecule has 0 saturated heterocycles. The number of para-hydroxylation sites is 1. The van der Waals surface area contributed by atoms with Crippen molar-refractivity contribution in [3.63, 3.8) is 0 Å². The van der Waals surface area contributed by atoms with E-state index < -0.39 is 0 Å². The maximum atomic E-state index is 2.51. The molecule has 168 valence electrons. The highest BCUT2D eigenvalue weighted by atomic mass is 15.2. The fourth-order valence-electron chi connectivity index (χ4n) is 5.73. The first kappa shape index (κ1) is 22.6. The number of hydrogen-bond acceptors (Lipinski definition) is 1. The highest BCUT2D eigenvalue weighted by Crippen LogP contribution is 2.47. The van der Waals surface area contributed by atoms with Gasteiger partial charge in [0.05, 0.1) is 5.41 Å². The lowest BCUT2D eigenvalue weighted by atomic mass is 9.80. The molecular formula is C30H39N2+. The Morgan fingerprint density at radius 2 is 1.69 bits per heavy atom. The third kappa shape index (κ3) is 3.64. The Bertz CT molecular complexity index is 1070. The van der Waals surface area contributed by atoms with Gasteiger partial charge in [0.25, 0.3) is 0 Å². The van der Waals surface area contributed by atoms with E-state index in [-0.39, 0.29) is 10.8 Å². The molecule has 0 amide bonds. The predicted molar refractivity (Wildman–Crippen MR) is 138 cm³/mol. The molecule has 1 aromatic carbocycles. The van der Waals surface area contributed by atoms with E-state index in [1.54, 1.807) is 0 Å². The Labute approximate surface area is 195 Å². The first-order chi connectivity index (χ1) is 15.3. The first-order valence-electron chi connectivity index (χ1n) is 12.3. The van der Waals surface area contributed by atoms with Crippen molar-refractivity contribution in [1.82, 2.24) is 0 Å². The fraction of sp³-hybridized carbons (Fsp3) is 0.433. The lowest BCUT2D eigenvalue weighted by molar-refractivity contribution is -0.464. The van der Waals surface area contributed by atoms with Gasteiger partial charge >= 0.3 is 0 Å². The second-order valence-electron chi connectivity index (χ2n) is 10.1. The summed E-state index contributed by atoms with van der Waals surface area (Å²) in [5.41, 5.74) is 8.55. The van der Waals surface area contributed by atoms with Gasteiger partial charge in [0.15, 0.2) is 5.71 Å². The highest BCUT2D eigenvalue weighted by molar-refractivity contribution is 6.00. The van der Waals surface area contributed by atoms with E-state index in [0.29, 0.717) is 0 Å². The average molecular weight is 428 g/mol. The predicted octanol–water partition coefficient (Wildman–Crippen LogP) is 7.31. The van der Waals surface area contributed by atoms with Gasteiger partial charge < -0.3 is 4.90 Å². The summed E-state index contributed by atoms with van der Waals surface area (Å²) in [4.78, 5) is 2.45. The standard InChI is InChI=1S/C30H39N2/c1-7-31-25-19-12-9-11-17-23(25)29(3,4)27(31)21-13-10-14-22-28-30(5,6)24-18-15-16-20-26(24)32(28)8-2/h10,13-22H,7-9,11-12H2,1-6H3/q+1. The van der Waals surface area contributed by atoms with Gasteiger partial charge in [0, 0.05) is 35.0 Å².